The fourth-order valence-corrected chi connectivity index (χ4v) is 4.99. The second-order valence-electron chi connectivity index (χ2n) is 10.3. The predicted molar refractivity (Wildman–Crippen MR) is 156 cm³/mol. The zero-order chi connectivity index (χ0) is 27.3. The van der Waals surface area contributed by atoms with E-state index in [1.165, 1.54) is 50.0 Å². The molecule has 0 saturated carbocycles. The fourth-order valence-electron chi connectivity index (χ4n) is 4.30. The van der Waals surface area contributed by atoms with Gasteiger partial charge in [0.15, 0.2) is 10.8 Å². The number of hydrogen-bond donors (Lipinski definition) is 1. The van der Waals surface area contributed by atoms with Crippen LogP contribution in [0, 0.1) is 17.2 Å². The summed E-state index contributed by atoms with van der Waals surface area (Å²) in [5.41, 5.74) is 0.667. The van der Waals surface area contributed by atoms with Crippen molar-refractivity contribution in [3.63, 3.8) is 0 Å². The van der Waals surface area contributed by atoms with Crippen LogP contribution in [-0.4, -0.2) is 71.3 Å². The molecule has 1 aliphatic rings. The van der Waals surface area contributed by atoms with Gasteiger partial charge in [-0.25, -0.2) is 4.98 Å². The van der Waals surface area contributed by atoms with Crippen molar-refractivity contribution in [2.45, 2.75) is 99.8 Å². The first-order valence-electron chi connectivity index (χ1n) is 14.0. The summed E-state index contributed by atoms with van der Waals surface area (Å²) in [4.78, 5) is 31.6. The standard InChI is InChI=1S/C16H32N2O.C10H15NOS.C3H7N/c1-4-6-16(7-5-2)8-9-17-10-12-18(13-11-17)14-15(3)19;1-3-4-5-8(2)9(12)10-11-6-7-13-10;1-3(2)4/h16H,4-14H2,1-3H3;6-8H,3-5H2,1-2H3;4H,1-2H3. The molecule has 0 spiro atoms. The van der Waals surface area contributed by atoms with Crippen LogP contribution in [0.25, 0.3) is 0 Å². The molecule has 0 aliphatic carbocycles. The number of rotatable bonds is 14. The molecule has 208 valence electrons. The van der Waals surface area contributed by atoms with Gasteiger partial charge in [-0.3, -0.25) is 14.5 Å². The third kappa shape index (κ3) is 17.9. The first-order valence-corrected chi connectivity index (χ1v) is 14.9. The molecule has 1 aromatic heterocycles. The lowest BCUT2D eigenvalue weighted by atomic mass is 9.94. The van der Waals surface area contributed by atoms with E-state index in [9.17, 15) is 9.59 Å². The van der Waals surface area contributed by atoms with Crippen LogP contribution in [0.4, 0.5) is 0 Å². The molecule has 1 fully saturated rings. The maximum absolute atomic E-state index is 11.7. The van der Waals surface area contributed by atoms with Crippen LogP contribution in [-0.2, 0) is 4.79 Å². The van der Waals surface area contributed by atoms with E-state index in [1.54, 1.807) is 27.0 Å². The Balaban J connectivity index is 0.000000622. The molecule has 1 aromatic rings. The van der Waals surface area contributed by atoms with Crippen LogP contribution >= 0.6 is 11.3 Å². The number of carbonyl (C=O) groups excluding carboxylic acids is 2. The minimum atomic E-state index is 0.131. The Kier molecular flexibility index (Phi) is 20.8. The predicted octanol–water partition coefficient (Wildman–Crippen LogP) is 7.00. The van der Waals surface area contributed by atoms with E-state index in [1.807, 2.05) is 12.3 Å². The van der Waals surface area contributed by atoms with Gasteiger partial charge in [-0.2, -0.15) is 0 Å². The van der Waals surface area contributed by atoms with Gasteiger partial charge in [-0.05, 0) is 46.1 Å². The molecule has 1 unspecified atom stereocenters. The van der Waals surface area contributed by atoms with Crippen molar-refractivity contribution in [2.75, 3.05) is 39.3 Å². The molecule has 7 heteroatoms. The number of Topliss-reactive ketones (excluding diaryl/α,β-unsaturated/α-hetero) is 2. The summed E-state index contributed by atoms with van der Waals surface area (Å²) in [6.07, 6.45) is 11.7. The zero-order valence-electron chi connectivity index (χ0n) is 24.3. The Bertz CT molecular complexity index is 690. The van der Waals surface area contributed by atoms with Gasteiger partial charge in [0.25, 0.3) is 0 Å². The summed E-state index contributed by atoms with van der Waals surface area (Å²) in [5.74, 6) is 1.54. The molecule has 0 bridgehead atoms. The lowest BCUT2D eigenvalue weighted by molar-refractivity contribution is -0.118. The third-order valence-electron chi connectivity index (χ3n) is 6.24. The molecule has 0 aromatic carbocycles. The Morgan fingerprint density at radius 2 is 1.50 bits per heavy atom. The first-order chi connectivity index (χ1) is 17.1. The number of piperazine rings is 1. The zero-order valence-corrected chi connectivity index (χ0v) is 25.1. The van der Waals surface area contributed by atoms with Crippen molar-refractivity contribution in [1.29, 1.82) is 5.41 Å². The largest absolute Gasteiger partial charge is 0.310 e. The fraction of sp³-hybridized carbons (Fsp3) is 0.793. The van der Waals surface area contributed by atoms with Gasteiger partial charge in [-0.1, -0.05) is 66.2 Å². The number of hydrogen-bond acceptors (Lipinski definition) is 7. The third-order valence-corrected chi connectivity index (χ3v) is 7.03. The molecule has 1 atom stereocenters. The Labute approximate surface area is 225 Å². The lowest BCUT2D eigenvalue weighted by Gasteiger charge is -2.34. The lowest BCUT2D eigenvalue weighted by Crippen LogP contribution is -2.48. The van der Waals surface area contributed by atoms with Crippen molar-refractivity contribution in [1.82, 2.24) is 14.8 Å². The molecule has 2 heterocycles. The van der Waals surface area contributed by atoms with Crippen molar-refractivity contribution < 1.29 is 9.59 Å². The van der Waals surface area contributed by atoms with E-state index in [-0.39, 0.29) is 11.7 Å². The quantitative estimate of drug-likeness (QED) is 0.210. The highest BCUT2D eigenvalue weighted by atomic mass is 32.1. The van der Waals surface area contributed by atoms with E-state index in [0.29, 0.717) is 23.0 Å². The molecule has 2 rings (SSSR count). The second kappa shape index (κ2) is 21.6. The average Bonchev–Trinajstić information content (AvgIpc) is 3.36. The molecule has 0 amide bonds. The van der Waals surface area contributed by atoms with Crippen LogP contribution in [0.5, 0.6) is 0 Å². The monoisotopic (exact) mass is 522 g/mol. The summed E-state index contributed by atoms with van der Waals surface area (Å²) in [6.45, 7) is 20.2. The Morgan fingerprint density at radius 3 is 1.94 bits per heavy atom. The van der Waals surface area contributed by atoms with Crippen LogP contribution in [0.1, 0.15) is 110 Å². The Hall–Kier alpha value is -1.44. The average molecular weight is 523 g/mol. The number of aromatic nitrogens is 1. The molecular formula is C29H54N4O2S. The van der Waals surface area contributed by atoms with E-state index in [2.05, 4.69) is 35.6 Å². The van der Waals surface area contributed by atoms with Crippen LogP contribution in [0.2, 0.25) is 0 Å². The topological polar surface area (TPSA) is 77.4 Å². The van der Waals surface area contributed by atoms with Crippen LogP contribution < -0.4 is 0 Å². The number of unbranched alkanes of at least 4 members (excludes halogenated alkanes) is 1. The van der Waals surface area contributed by atoms with E-state index >= 15 is 0 Å². The van der Waals surface area contributed by atoms with Gasteiger partial charge >= 0.3 is 0 Å². The molecular weight excluding hydrogens is 468 g/mol. The summed E-state index contributed by atoms with van der Waals surface area (Å²) in [5, 5.41) is 9.00. The van der Waals surface area contributed by atoms with Crippen molar-refractivity contribution >= 4 is 28.6 Å². The maximum atomic E-state index is 11.7. The molecule has 1 aliphatic heterocycles. The molecule has 1 saturated heterocycles. The second-order valence-corrected chi connectivity index (χ2v) is 11.2. The molecule has 1 N–H and O–H groups in total. The summed E-state index contributed by atoms with van der Waals surface area (Å²) in [6, 6.07) is 0. The van der Waals surface area contributed by atoms with Crippen molar-refractivity contribution in [3.05, 3.63) is 16.6 Å². The normalized spacial score (nSPS) is 14.9. The summed E-state index contributed by atoms with van der Waals surface area (Å²) in [7, 11) is 0. The minimum Gasteiger partial charge on any atom is -0.310 e. The number of nitrogens with zero attached hydrogens (tertiary/aromatic N) is 3. The van der Waals surface area contributed by atoms with Gasteiger partial charge in [0.1, 0.15) is 5.78 Å². The van der Waals surface area contributed by atoms with E-state index in [0.717, 1.165) is 51.4 Å². The number of thiazole rings is 1. The van der Waals surface area contributed by atoms with Crippen LogP contribution in [0.15, 0.2) is 11.6 Å². The highest BCUT2D eigenvalue weighted by Gasteiger charge is 2.18. The SMILES string of the molecule is CC(C)=N.CCCC(CCC)CCN1CCN(CC(C)=O)CC1.CCCCC(C)C(=O)c1nccs1. The van der Waals surface area contributed by atoms with Gasteiger partial charge in [0.2, 0.25) is 0 Å². The van der Waals surface area contributed by atoms with E-state index < -0.39 is 0 Å². The molecule has 6 nitrogen and oxygen atoms in total. The van der Waals surface area contributed by atoms with Gasteiger partial charge < -0.3 is 10.3 Å². The maximum Gasteiger partial charge on any atom is 0.194 e. The number of carbonyl (C=O) groups is 2. The Morgan fingerprint density at radius 1 is 0.944 bits per heavy atom. The van der Waals surface area contributed by atoms with Gasteiger partial charge in [0.05, 0.1) is 6.54 Å². The molecule has 0 radical (unpaired) electrons. The first kappa shape index (κ1) is 34.6. The van der Waals surface area contributed by atoms with Crippen LogP contribution in [0.3, 0.4) is 0 Å². The van der Waals surface area contributed by atoms with E-state index in [4.69, 9.17) is 5.41 Å². The minimum absolute atomic E-state index is 0.131. The number of ketones is 2. The highest BCUT2D eigenvalue weighted by Crippen LogP contribution is 2.18. The smallest absolute Gasteiger partial charge is 0.194 e. The molecule has 36 heavy (non-hydrogen) atoms. The number of nitrogens with one attached hydrogen (secondary N) is 1. The highest BCUT2D eigenvalue weighted by molar-refractivity contribution is 7.11. The summed E-state index contributed by atoms with van der Waals surface area (Å²) < 4.78 is 0. The van der Waals surface area contributed by atoms with Gasteiger partial charge in [-0.15, -0.1) is 11.3 Å². The van der Waals surface area contributed by atoms with Crippen molar-refractivity contribution in [2.24, 2.45) is 11.8 Å². The van der Waals surface area contributed by atoms with Gasteiger partial charge in [0, 0.05) is 49.4 Å². The summed E-state index contributed by atoms with van der Waals surface area (Å²) >= 11 is 1.43. The van der Waals surface area contributed by atoms with Crippen molar-refractivity contribution in [3.8, 4) is 0 Å².